The molecule has 2 unspecified atom stereocenters. The van der Waals surface area contributed by atoms with Crippen molar-refractivity contribution in [3.8, 4) is 0 Å². The highest BCUT2D eigenvalue weighted by atomic mass is 32.2. The van der Waals surface area contributed by atoms with Crippen LogP contribution < -0.4 is 0 Å². The van der Waals surface area contributed by atoms with Crippen LogP contribution in [0.4, 0.5) is 18.0 Å². The molecule has 0 bridgehead atoms. The van der Waals surface area contributed by atoms with E-state index in [1.165, 1.54) is 15.7 Å². The average molecular weight is 481 g/mol. The molecule has 0 aliphatic carbocycles. The van der Waals surface area contributed by atoms with E-state index in [0.717, 1.165) is 30.8 Å². The monoisotopic (exact) mass is 480 g/mol. The van der Waals surface area contributed by atoms with Crippen molar-refractivity contribution in [3.63, 3.8) is 0 Å². The van der Waals surface area contributed by atoms with Crippen molar-refractivity contribution < 1.29 is 40.4 Å². The molecule has 0 saturated carbocycles. The molecule has 0 aromatic heterocycles. The van der Waals surface area contributed by atoms with Crippen LogP contribution in [0.5, 0.6) is 0 Å². The fraction of sp³-hybridized carbons (Fsp3) is 0.450. The average Bonchev–Trinajstić information content (AvgIpc) is 3.15. The Morgan fingerprint density at radius 2 is 1.84 bits per heavy atom. The fourth-order valence-corrected chi connectivity index (χ4v) is 5.44. The van der Waals surface area contributed by atoms with Gasteiger partial charge in [0.1, 0.15) is 5.75 Å². The van der Waals surface area contributed by atoms with Gasteiger partial charge in [-0.05, 0) is 23.9 Å². The predicted molar refractivity (Wildman–Crippen MR) is 111 cm³/mol. The van der Waals surface area contributed by atoms with Gasteiger partial charge in [0.05, 0.1) is 6.61 Å². The number of hydrogen-bond donors (Lipinski definition) is 0. The summed E-state index contributed by atoms with van der Waals surface area (Å²) < 4.78 is 69.5. The third-order valence-electron chi connectivity index (χ3n) is 4.40. The van der Waals surface area contributed by atoms with E-state index >= 15 is 0 Å². The quantitative estimate of drug-likeness (QED) is 0.204. The Kier molecular flexibility index (Phi) is 9.01. The molecule has 31 heavy (non-hydrogen) atoms. The van der Waals surface area contributed by atoms with Crippen LogP contribution in [0.2, 0.25) is 0 Å². The highest BCUT2D eigenvalue weighted by Crippen LogP contribution is 2.30. The number of ether oxygens (including phenoxy) is 2. The Morgan fingerprint density at radius 1 is 1.19 bits per heavy atom. The highest BCUT2D eigenvalue weighted by molar-refractivity contribution is 7.97. The molecule has 6 nitrogen and oxygen atoms in total. The molecule has 2 aromatic carbocycles. The molecular weight excluding hydrogens is 457 g/mol. The number of benzene rings is 2. The number of hydrogen-bond acceptors (Lipinski definition) is 6. The minimum Gasteiger partial charge on any atom is -0.741 e. The van der Waals surface area contributed by atoms with Crippen molar-refractivity contribution in [1.82, 2.24) is 0 Å². The molecule has 0 N–H and O–H groups in total. The van der Waals surface area contributed by atoms with Gasteiger partial charge in [0.25, 0.3) is 0 Å². The van der Waals surface area contributed by atoms with Gasteiger partial charge in [-0.15, -0.1) is 0 Å². The first-order valence-corrected chi connectivity index (χ1v) is 12.5. The van der Waals surface area contributed by atoms with Crippen molar-refractivity contribution >= 4 is 37.9 Å². The maximum atomic E-state index is 11.7. The molecule has 2 atom stereocenters. The molecule has 0 spiro atoms. The molecule has 1 saturated heterocycles. The van der Waals surface area contributed by atoms with E-state index in [2.05, 4.69) is 49.4 Å². The molecule has 2 aromatic rings. The van der Waals surface area contributed by atoms with Gasteiger partial charge < -0.3 is 14.0 Å². The standard InChI is InChI=1S/C19H23O3S.CHF3O3S/c1-2-3-12-21-19(20)22-16-11-13-23(14-16)18-10-6-8-15-7-4-5-9-17(15)18;2-1(3,4)8(5,6)7/h4-10,16H,2-3,11-14H2,1H3;(H,5,6,7)/q+1;/p-1. The van der Waals surface area contributed by atoms with E-state index in [9.17, 15) is 18.0 Å². The van der Waals surface area contributed by atoms with Crippen LogP contribution in [0.25, 0.3) is 10.8 Å². The minimum absolute atomic E-state index is 0.00794. The van der Waals surface area contributed by atoms with E-state index in [4.69, 9.17) is 22.4 Å². The molecule has 1 aliphatic heterocycles. The van der Waals surface area contributed by atoms with Gasteiger partial charge in [-0.3, -0.25) is 0 Å². The number of carbonyl (C=O) groups excluding carboxylic acids is 1. The second-order valence-electron chi connectivity index (χ2n) is 6.72. The smallest absolute Gasteiger partial charge is 0.508 e. The third kappa shape index (κ3) is 7.58. The van der Waals surface area contributed by atoms with Gasteiger partial charge >= 0.3 is 11.7 Å². The number of unbranched alkanes of at least 4 members (excludes halogenated alkanes) is 1. The van der Waals surface area contributed by atoms with Crippen molar-refractivity contribution in [3.05, 3.63) is 42.5 Å². The first-order chi connectivity index (χ1) is 14.5. The first kappa shape index (κ1) is 25.3. The number of carbonyl (C=O) groups is 1. The SMILES string of the molecule is CCCCOC(=O)OC1CC[S+](c2cccc3ccccc23)C1.O=S(=O)([O-])C(F)(F)F. The van der Waals surface area contributed by atoms with E-state index in [1.807, 2.05) is 0 Å². The van der Waals surface area contributed by atoms with E-state index in [0.29, 0.717) is 6.61 Å². The molecule has 0 radical (unpaired) electrons. The number of halogens is 3. The molecule has 172 valence electrons. The molecular formula is C20H23F3O6S2. The number of alkyl halides is 3. The summed E-state index contributed by atoms with van der Waals surface area (Å²) in [5.74, 6) is 2.00. The zero-order valence-corrected chi connectivity index (χ0v) is 18.4. The molecule has 1 aliphatic rings. The van der Waals surface area contributed by atoms with Crippen LogP contribution in [-0.2, 0) is 30.5 Å². The maximum Gasteiger partial charge on any atom is 0.508 e. The topological polar surface area (TPSA) is 92.7 Å². The highest BCUT2D eigenvalue weighted by Gasteiger charge is 2.38. The fourth-order valence-electron chi connectivity index (χ4n) is 2.87. The second-order valence-corrected chi connectivity index (χ2v) is 10.3. The first-order valence-electron chi connectivity index (χ1n) is 9.53. The van der Waals surface area contributed by atoms with Crippen molar-refractivity contribution in [2.45, 2.75) is 42.7 Å². The Bertz CT molecular complexity index is 973. The molecule has 11 heteroatoms. The van der Waals surface area contributed by atoms with Crippen molar-refractivity contribution in [2.24, 2.45) is 0 Å². The molecule has 0 amide bonds. The lowest BCUT2D eigenvalue weighted by molar-refractivity contribution is -0.0517. The molecule has 1 heterocycles. The zero-order chi connectivity index (χ0) is 23.1. The van der Waals surface area contributed by atoms with Gasteiger partial charge in [0.15, 0.2) is 26.9 Å². The second kappa shape index (κ2) is 11.1. The van der Waals surface area contributed by atoms with E-state index in [1.54, 1.807) is 0 Å². The normalized spacial score (nSPS) is 18.9. The van der Waals surface area contributed by atoms with Gasteiger partial charge in [-0.25, -0.2) is 13.2 Å². The third-order valence-corrected chi connectivity index (χ3v) is 7.45. The summed E-state index contributed by atoms with van der Waals surface area (Å²) in [7, 11) is -5.94. The van der Waals surface area contributed by atoms with E-state index < -0.39 is 21.8 Å². The summed E-state index contributed by atoms with van der Waals surface area (Å²) in [4.78, 5) is 13.1. The van der Waals surface area contributed by atoms with Crippen LogP contribution in [0.1, 0.15) is 26.2 Å². The lowest BCUT2D eigenvalue weighted by Gasteiger charge is -2.09. The molecule has 3 rings (SSSR count). The predicted octanol–water partition coefficient (Wildman–Crippen LogP) is 4.59. The summed E-state index contributed by atoms with van der Waals surface area (Å²) in [6, 6.07) is 15.0. The largest absolute Gasteiger partial charge is 0.741 e. The van der Waals surface area contributed by atoms with Gasteiger partial charge in [-0.1, -0.05) is 43.7 Å². The van der Waals surface area contributed by atoms with Crippen LogP contribution in [0.15, 0.2) is 47.4 Å². The lowest BCUT2D eigenvalue weighted by atomic mass is 10.1. The summed E-state index contributed by atoms with van der Waals surface area (Å²) in [5.41, 5.74) is -5.65. The van der Waals surface area contributed by atoms with Crippen LogP contribution in [-0.4, -0.2) is 48.9 Å². The molecule has 1 fully saturated rings. The van der Waals surface area contributed by atoms with Gasteiger partial charge in [0.2, 0.25) is 0 Å². The van der Waals surface area contributed by atoms with Crippen LogP contribution in [0, 0.1) is 0 Å². The minimum atomic E-state index is -6.09. The maximum absolute atomic E-state index is 11.7. The van der Waals surface area contributed by atoms with E-state index in [-0.39, 0.29) is 17.0 Å². The van der Waals surface area contributed by atoms with Crippen molar-refractivity contribution in [1.29, 1.82) is 0 Å². The summed E-state index contributed by atoms with van der Waals surface area (Å²) in [6.07, 6.45) is 2.31. The Balaban J connectivity index is 0.000000366. The van der Waals surface area contributed by atoms with Crippen LogP contribution in [0.3, 0.4) is 0 Å². The summed E-state index contributed by atoms with van der Waals surface area (Å²) in [6.45, 7) is 2.53. The lowest BCUT2D eigenvalue weighted by Crippen LogP contribution is -2.21. The van der Waals surface area contributed by atoms with Crippen LogP contribution >= 0.6 is 0 Å². The zero-order valence-electron chi connectivity index (χ0n) is 16.8. The summed E-state index contributed by atoms with van der Waals surface area (Å²) in [5, 5.41) is 2.60. The number of fused-ring (bicyclic) bond motifs is 1. The number of rotatable bonds is 5. The Hall–Kier alpha value is -1.98. The van der Waals surface area contributed by atoms with Crippen molar-refractivity contribution in [2.75, 3.05) is 18.1 Å². The van der Waals surface area contributed by atoms with Gasteiger partial charge in [-0.2, -0.15) is 13.2 Å². The van der Waals surface area contributed by atoms with Gasteiger partial charge in [0, 0.05) is 22.7 Å². The Labute approximate surface area is 181 Å². The summed E-state index contributed by atoms with van der Waals surface area (Å²) >= 11 is 0. The Morgan fingerprint density at radius 3 is 2.48 bits per heavy atom.